The Morgan fingerprint density at radius 2 is 1.73 bits per heavy atom. The van der Waals surface area contributed by atoms with Gasteiger partial charge in [0.1, 0.15) is 5.75 Å². The zero-order valence-corrected chi connectivity index (χ0v) is 16.2. The zero-order valence-electron chi connectivity index (χ0n) is 14.7. The van der Waals surface area contributed by atoms with Crippen molar-refractivity contribution < 1.29 is 14.3 Å². The lowest BCUT2D eigenvalue weighted by Crippen LogP contribution is -2.50. The highest BCUT2D eigenvalue weighted by atomic mass is 79.9. The fraction of sp³-hybridized carbons (Fsp3) is 0.300. The highest BCUT2D eigenvalue weighted by molar-refractivity contribution is 9.10. The van der Waals surface area contributed by atoms with Crippen LogP contribution >= 0.6 is 15.9 Å². The zero-order chi connectivity index (χ0) is 18.5. The quantitative estimate of drug-likeness (QED) is 0.700. The van der Waals surface area contributed by atoms with Crippen molar-refractivity contribution in [2.45, 2.75) is 6.92 Å². The van der Waals surface area contributed by atoms with Crippen molar-refractivity contribution in [3.63, 3.8) is 0 Å². The Labute approximate surface area is 161 Å². The van der Waals surface area contributed by atoms with E-state index in [1.807, 2.05) is 23.1 Å². The van der Waals surface area contributed by atoms with Crippen LogP contribution in [0, 0.1) is 0 Å². The highest BCUT2D eigenvalue weighted by Crippen LogP contribution is 2.24. The summed E-state index contributed by atoms with van der Waals surface area (Å²) < 4.78 is 6.44. The molecule has 26 heavy (non-hydrogen) atoms. The van der Waals surface area contributed by atoms with E-state index in [1.165, 1.54) is 12.6 Å². The van der Waals surface area contributed by atoms with Gasteiger partial charge in [-0.1, -0.05) is 34.1 Å². The summed E-state index contributed by atoms with van der Waals surface area (Å²) in [4.78, 5) is 28.3. The van der Waals surface area contributed by atoms with Gasteiger partial charge in [-0.25, -0.2) is 0 Å². The number of benzene rings is 2. The summed E-state index contributed by atoms with van der Waals surface area (Å²) in [7, 11) is 0. The first-order chi connectivity index (χ1) is 12.5. The molecule has 1 fully saturated rings. The van der Waals surface area contributed by atoms with E-state index in [0.29, 0.717) is 24.4 Å². The molecule has 5 nitrogen and oxygen atoms in total. The van der Waals surface area contributed by atoms with Crippen LogP contribution in [0.4, 0.5) is 5.69 Å². The molecular weight excluding hydrogens is 396 g/mol. The minimum Gasteiger partial charge on any atom is -0.483 e. The molecule has 2 aromatic carbocycles. The van der Waals surface area contributed by atoms with E-state index in [9.17, 15) is 9.59 Å². The van der Waals surface area contributed by atoms with Crippen LogP contribution in [0.25, 0.3) is 0 Å². The van der Waals surface area contributed by atoms with Gasteiger partial charge < -0.3 is 14.5 Å². The Kier molecular flexibility index (Phi) is 5.93. The van der Waals surface area contributed by atoms with E-state index < -0.39 is 0 Å². The first-order valence-corrected chi connectivity index (χ1v) is 9.35. The number of Topliss-reactive ketones (excluding diaryl/α,β-unsaturated/α-hetero) is 1. The number of rotatable bonds is 5. The summed E-state index contributed by atoms with van der Waals surface area (Å²) in [5, 5.41) is 0. The third-order valence-electron chi connectivity index (χ3n) is 4.43. The minimum atomic E-state index is -0.0924. The molecule has 0 aliphatic carbocycles. The number of carbonyl (C=O) groups is 2. The van der Waals surface area contributed by atoms with Crippen LogP contribution in [0.1, 0.15) is 17.3 Å². The van der Waals surface area contributed by atoms with Gasteiger partial charge in [-0.15, -0.1) is 0 Å². The van der Waals surface area contributed by atoms with Gasteiger partial charge in [-0.05, 0) is 37.3 Å². The number of piperazine rings is 1. The average molecular weight is 417 g/mol. The van der Waals surface area contributed by atoms with Crippen LogP contribution < -0.4 is 9.64 Å². The number of anilines is 1. The third kappa shape index (κ3) is 4.43. The lowest BCUT2D eigenvalue weighted by Gasteiger charge is -2.36. The predicted molar refractivity (Wildman–Crippen MR) is 105 cm³/mol. The number of hydrogen-bond donors (Lipinski definition) is 0. The van der Waals surface area contributed by atoms with Crippen molar-refractivity contribution in [3.8, 4) is 5.75 Å². The van der Waals surface area contributed by atoms with Crippen molar-refractivity contribution in [1.29, 1.82) is 0 Å². The molecule has 1 heterocycles. The number of para-hydroxylation sites is 1. The standard InChI is InChI=1S/C20H21BrN2O3/c1-15(24)18-13-16(21)7-8-19(18)26-14-20(25)23-11-9-22(10-12-23)17-5-3-2-4-6-17/h2-8,13H,9-12,14H2,1H3. The SMILES string of the molecule is CC(=O)c1cc(Br)ccc1OCC(=O)N1CCN(c2ccccc2)CC1. The molecule has 0 bridgehead atoms. The van der Waals surface area contributed by atoms with Crippen LogP contribution in [0.2, 0.25) is 0 Å². The number of hydrogen-bond acceptors (Lipinski definition) is 4. The number of amides is 1. The van der Waals surface area contributed by atoms with E-state index in [1.54, 1.807) is 18.2 Å². The number of ketones is 1. The first-order valence-electron chi connectivity index (χ1n) is 8.55. The van der Waals surface area contributed by atoms with Gasteiger partial charge in [-0.3, -0.25) is 9.59 Å². The molecule has 3 rings (SSSR count). The van der Waals surface area contributed by atoms with Gasteiger partial charge in [0.15, 0.2) is 12.4 Å². The maximum Gasteiger partial charge on any atom is 0.260 e. The first kappa shape index (κ1) is 18.5. The summed E-state index contributed by atoms with van der Waals surface area (Å²) in [5.74, 6) is 0.289. The summed E-state index contributed by atoms with van der Waals surface area (Å²) in [6.45, 7) is 4.35. The third-order valence-corrected chi connectivity index (χ3v) is 4.92. The lowest BCUT2D eigenvalue weighted by molar-refractivity contribution is -0.133. The molecule has 136 valence electrons. The minimum absolute atomic E-state index is 0.0601. The average Bonchev–Trinajstić information content (AvgIpc) is 2.67. The Bertz CT molecular complexity index is 787. The van der Waals surface area contributed by atoms with E-state index >= 15 is 0 Å². The van der Waals surface area contributed by atoms with Crippen LogP contribution in [-0.4, -0.2) is 49.4 Å². The second-order valence-corrected chi connectivity index (χ2v) is 7.10. The summed E-state index contributed by atoms with van der Waals surface area (Å²) in [6, 6.07) is 15.4. The van der Waals surface area contributed by atoms with E-state index in [4.69, 9.17) is 4.74 Å². The topological polar surface area (TPSA) is 49.9 Å². The largest absolute Gasteiger partial charge is 0.483 e. The second-order valence-electron chi connectivity index (χ2n) is 6.19. The molecule has 0 radical (unpaired) electrons. The molecular formula is C20H21BrN2O3. The van der Waals surface area contributed by atoms with Crippen molar-refractivity contribution in [2.75, 3.05) is 37.7 Å². The molecule has 0 atom stereocenters. The van der Waals surface area contributed by atoms with E-state index in [0.717, 1.165) is 17.6 Å². The van der Waals surface area contributed by atoms with Gasteiger partial charge in [0.05, 0.1) is 5.56 Å². The number of nitrogens with zero attached hydrogens (tertiary/aromatic N) is 2. The van der Waals surface area contributed by atoms with Gasteiger partial charge >= 0.3 is 0 Å². The van der Waals surface area contributed by atoms with Crippen LogP contribution in [-0.2, 0) is 4.79 Å². The molecule has 1 amide bonds. The Balaban J connectivity index is 1.55. The maximum absolute atomic E-state index is 12.5. The molecule has 0 N–H and O–H groups in total. The summed E-state index contributed by atoms with van der Waals surface area (Å²) >= 11 is 3.34. The number of carbonyl (C=O) groups excluding carboxylic acids is 2. The fourth-order valence-corrected chi connectivity index (χ4v) is 3.35. The van der Waals surface area contributed by atoms with Crippen molar-refractivity contribution >= 4 is 33.3 Å². The fourth-order valence-electron chi connectivity index (χ4n) is 2.99. The Morgan fingerprint density at radius 3 is 2.38 bits per heavy atom. The molecule has 6 heteroatoms. The van der Waals surface area contributed by atoms with Gasteiger partial charge in [-0.2, -0.15) is 0 Å². The predicted octanol–water partition coefficient (Wildman–Crippen LogP) is 3.38. The highest BCUT2D eigenvalue weighted by Gasteiger charge is 2.22. The maximum atomic E-state index is 12.5. The van der Waals surface area contributed by atoms with Crippen LogP contribution in [0.15, 0.2) is 53.0 Å². The van der Waals surface area contributed by atoms with Gasteiger partial charge in [0.2, 0.25) is 0 Å². The summed E-state index contributed by atoms with van der Waals surface area (Å²) in [6.07, 6.45) is 0. The van der Waals surface area contributed by atoms with E-state index in [2.05, 4.69) is 33.0 Å². The molecule has 2 aromatic rings. The molecule has 0 saturated carbocycles. The smallest absolute Gasteiger partial charge is 0.260 e. The van der Waals surface area contributed by atoms with Gasteiger partial charge in [0.25, 0.3) is 5.91 Å². The van der Waals surface area contributed by atoms with Crippen molar-refractivity contribution in [3.05, 3.63) is 58.6 Å². The summed E-state index contributed by atoms with van der Waals surface area (Å²) in [5.41, 5.74) is 1.65. The lowest BCUT2D eigenvalue weighted by atomic mass is 10.1. The van der Waals surface area contributed by atoms with Crippen molar-refractivity contribution in [2.24, 2.45) is 0 Å². The molecule has 1 saturated heterocycles. The monoisotopic (exact) mass is 416 g/mol. The Morgan fingerprint density at radius 1 is 1.04 bits per heavy atom. The van der Waals surface area contributed by atoms with Crippen LogP contribution in [0.5, 0.6) is 5.75 Å². The normalized spacial score (nSPS) is 14.2. The molecule has 1 aliphatic rings. The molecule has 0 unspecified atom stereocenters. The molecule has 1 aliphatic heterocycles. The molecule has 0 spiro atoms. The number of halogens is 1. The second kappa shape index (κ2) is 8.36. The van der Waals surface area contributed by atoms with Gasteiger partial charge in [0, 0.05) is 36.3 Å². The van der Waals surface area contributed by atoms with Crippen molar-refractivity contribution in [1.82, 2.24) is 4.90 Å². The van der Waals surface area contributed by atoms with E-state index in [-0.39, 0.29) is 18.3 Å². The van der Waals surface area contributed by atoms with Crippen LogP contribution in [0.3, 0.4) is 0 Å². The molecule has 0 aromatic heterocycles. The Hall–Kier alpha value is -2.34. The number of ether oxygens (including phenoxy) is 1.